The van der Waals surface area contributed by atoms with Crippen molar-refractivity contribution in [3.05, 3.63) is 140 Å². The van der Waals surface area contributed by atoms with E-state index in [0.29, 0.717) is 39.7 Å². The van der Waals surface area contributed by atoms with Crippen molar-refractivity contribution in [2.75, 3.05) is 14.2 Å². The van der Waals surface area contributed by atoms with E-state index < -0.39 is 11.9 Å². The molecule has 2 aromatic carbocycles. The van der Waals surface area contributed by atoms with E-state index in [4.69, 9.17) is 47.5 Å². The van der Waals surface area contributed by atoms with Crippen LogP contribution in [0.25, 0.3) is 21.8 Å². The SMILES string of the molecule is COC(=O)c1ccnc(Cc2cc(CO)c3ncc(Cl)cc3c2)c1.COC(=O)c1ccnc(Cc2cc(COC(C)=O)c3ncc(Cl)cc3c2)c1.O=CO[O-].[H-].[K+].[K+]. The number of aliphatic hydroxyl groups is 1. The average molecular weight is 868 g/mol. The normalized spacial score (nSPS) is 9.95. The fourth-order valence-electron chi connectivity index (χ4n) is 5.41. The summed E-state index contributed by atoms with van der Waals surface area (Å²) in [7, 11) is 2.68. The Labute approximate surface area is 423 Å². The quantitative estimate of drug-likeness (QED) is 0.0459. The minimum absolute atomic E-state index is 0. The fourth-order valence-corrected chi connectivity index (χ4v) is 5.74. The summed E-state index contributed by atoms with van der Waals surface area (Å²) in [5.74, 6) is -1.18. The predicted octanol–water partition coefficient (Wildman–Crippen LogP) is -0.568. The summed E-state index contributed by atoms with van der Waals surface area (Å²) in [5.41, 5.74) is 7.17. The molecule has 0 bridgehead atoms. The van der Waals surface area contributed by atoms with Gasteiger partial charge in [0.25, 0.3) is 6.47 Å². The Bertz CT molecular complexity index is 2340. The number of rotatable bonds is 10. The molecule has 6 rings (SSSR count). The smallest absolute Gasteiger partial charge is 1.00 e. The van der Waals surface area contributed by atoms with E-state index in [9.17, 15) is 19.5 Å². The van der Waals surface area contributed by atoms with Gasteiger partial charge in [-0.15, -0.1) is 0 Å². The molecule has 18 heteroatoms. The van der Waals surface area contributed by atoms with Crippen LogP contribution in [0.2, 0.25) is 10.0 Å². The zero-order chi connectivity index (χ0) is 39.9. The first kappa shape index (κ1) is 50.4. The summed E-state index contributed by atoms with van der Waals surface area (Å²) in [6.45, 7) is 1.18. The average Bonchev–Trinajstić information content (AvgIpc) is 3.19. The van der Waals surface area contributed by atoms with E-state index in [-0.39, 0.29) is 130 Å². The number of carbonyl (C=O) groups excluding carboxylic acids is 4. The maximum atomic E-state index is 11.7. The Morgan fingerprint density at radius 3 is 1.58 bits per heavy atom. The van der Waals surface area contributed by atoms with Crippen LogP contribution in [0.3, 0.4) is 0 Å². The molecule has 4 heterocycles. The van der Waals surface area contributed by atoms with Crippen LogP contribution in [0, 0.1) is 0 Å². The van der Waals surface area contributed by atoms with Crippen molar-refractivity contribution < 1.29 is 153 Å². The summed E-state index contributed by atoms with van der Waals surface area (Å²) in [4.78, 5) is 63.0. The van der Waals surface area contributed by atoms with Gasteiger partial charge in [-0.25, -0.2) is 9.59 Å². The first-order valence-corrected chi connectivity index (χ1v) is 16.9. The number of esters is 3. The molecule has 0 aliphatic rings. The molecule has 57 heavy (non-hydrogen) atoms. The molecule has 1 N–H and O–H groups in total. The minimum Gasteiger partial charge on any atom is -1.00 e. The summed E-state index contributed by atoms with van der Waals surface area (Å²) in [5, 5.41) is 20.8. The molecule has 0 saturated carbocycles. The van der Waals surface area contributed by atoms with Gasteiger partial charge in [-0.05, 0) is 65.7 Å². The van der Waals surface area contributed by atoms with Crippen molar-refractivity contribution in [1.82, 2.24) is 19.9 Å². The van der Waals surface area contributed by atoms with Gasteiger partial charge in [-0.1, -0.05) is 29.3 Å². The van der Waals surface area contributed by atoms with Crippen molar-refractivity contribution in [2.45, 2.75) is 33.0 Å². The van der Waals surface area contributed by atoms with Crippen molar-refractivity contribution in [2.24, 2.45) is 0 Å². The molecule has 0 fully saturated rings. The zero-order valence-corrected chi connectivity index (χ0v) is 39.4. The summed E-state index contributed by atoms with van der Waals surface area (Å²) in [6, 6.07) is 17.9. The number of benzene rings is 2. The van der Waals surface area contributed by atoms with Crippen LogP contribution < -0.4 is 108 Å². The van der Waals surface area contributed by atoms with Crippen molar-refractivity contribution in [3.8, 4) is 0 Å². The standard InChI is InChI=1S/C20H17ClN2O4.C18H15ClN2O3.CH2O3.2K.H/c1-12(24)27-11-16-6-13(5-15-8-17(21)10-23-19(15)16)7-18-9-14(3-4-22-18)20(25)26-2;1-24-18(23)12-2-3-20-16(8-12)6-11-4-13-7-15(19)9-21-17(13)14(5-11)10-22;2-1-4-3;;;/h3-6,8-10H,7,11H2,1-2H3;2-5,7-9,22H,6,10H2,1H3;1,3H;;;/q;;;2*+1;-1/p-1. The number of halogens is 2. The molecule has 0 spiro atoms. The fraction of sp³-hybridized carbons (Fsp3) is 0.179. The number of nitrogens with zero attached hydrogens (tertiary/aromatic N) is 4. The van der Waals surface area contributed by atoms with Crippen LogP contribution in [0.1, 0.15) is 62.7 Å². The maximum absolute atomic E-state index is 11.7. The first-order valence-electron chi connectivity index (χ1n) is 16.2. The van der Waals surface area contributed by atoms with Crippen LogP contribution >= 0.6 is 23.2 Å². The van der Waals surface area contributed by atoms with E-state index in [2.05, 4.69) is 24.8 Å². The third-order valence-electron chi connectivity index (χ3n) is 7.66. The monoisotopic (exact) mass is 866 g/mol. The largest absolute Gasteiger partial charge is 1.00 e. The van der Waals surface area contributed by atoms with E-state index in [0.717, 1.165) is 49.8 Å². The molecular weight excluding hydrogens is 834 g/mol. The molecule has 0 atom stereocenters. The Kier molecular flexibility index (Phi) is 22.7. The molecular formula is C39H34Cl2K2N4O10. The Hall–Kier alpha value is -2.79. The van der Waals surface area contributed by atoms with Gasteiger partial charge in [0, 0.05) is 77.8 Å². The van der Waals surface area contributed by atoms with E-state index in [1.54, 1.807) is 49.1 Å². The molecule has 14 nitrogen and oxygen atoms in total. The van der Waals surface area contributed by atoms with Gasteiger partial charge >= 0.3 is 121 Å². The van der Waals surface area contributed by atoms with Crippen molar-refractivity contribution >= 4 is 69.4 Å². The molecule has 0 saturated heterocycles. The topological polar surface area (TPSA) is 200 Å². The Balaban J connectivity index is 0.000000509. The second kappa shape index (κ2) is 25.6. The second-order valence-electron chi connectivity index (χ2n) is 11.5. The number of pyridine rings is 4. The summed E-state index contributed by atoms with van der Waals surface area (Å²) in [6.07, 6.45) is 7.27. The summed E-state index contributed by atoms with van der Waals surface area (Å²) >= 11 is 12.1. The third kappa shape index (κ3) is 15.4. The van der Waals surface area contributed by atoms with Crippen LogP contribution in [0.4, 0.5) is 0 Å². The molecule has 286 valence electrons. The van der Waals surface area contributed by atoms with Crippen LogP contribution in [0.15, 0.2) is 85.5 Å². The van der Waals surface area contributed by atoms with Gasteiger partial charge in [0.2, 0.25) is 0 Å². The van der Waals surface area contributed by atoms with Crippen LogP contribution in [0.5, 0.6) is 0 Å². The summed E-state index contributed by atoms with van der Waals surface area (Å²) < 4.78 is 14.6. The van der Waals surface area contributed by atoms with Crippen molar-refractivity contribution in [3.63, 3.8) is 0 Å². The molecule has 4 aromatic heterocycles. The molecule has 0 radical (unpaired) electrons. The van der Waals surface area contributed by atoms with Crippen molar-refractivity contribution in [1.29, 1.82) is 0 Å². The van der Waals surface area contributed by atoms with Gasteiger partial charge in [0.1, 0.15) is 6.61 Å². The van der Waals surface area contributed by atoms with E-state index >= 15 is 0 Å². The van der Waals surface area contributed by atoms with Crippen LogP contribution in [-0.4, -0.2) is 63.6 Å². The number of hydrogen-bond donors (Lipinski definition) is 1. The van der Waals surface area contributed by atoms with Gasteiger partial charge in [-0.2, -0.15) is 0 Å². The van der Waals surface area contributed by atoms with Gasteiger partial charge in [-0.3, -0.25) is 29.5 Å². The second-order valence-corrected chi connectivity index (χ2v) is 12.4. The third-order valence-corrected chi connectivity index (χ3v) is 8.08. The number of aliphatic hydroxyl groups excluding tert-OH is 1. The number of fused-ring (bicyclic) bond motifs is 2. The number of carbonyl (C=O) groups is 4. The van der Waals surface area contributed by atoms with Crippen LogP contribution in [-0.2, 0) is 54.7 Å². The zero-order valence-electron chi connectivity index (χ0n) is 32.7. The molecule has 0 aliphatic carbocycles. The van der Waals surface area contributed by atoms with Gasteiger partial charge in [0.15, 0.2) is 0 Å². The Morgan fingerprint density at radius 2 is 1.18 bits per heavy atom. The molecule has 0 amide bonds. The van der Waals surface area contributed by atoms with Gasteiger partial charge < -0.3 is 30.9 Å². The van der Waals surface area contributed by atoms with Gasteiger partial charge in [0.05, 0.1) is 53.0 Å². The molecule has 0 unspecified atom stereocenters. The molecule has 0 aliphatic heterocycles. The number of methoxy groups -OCH3 is 2. The first-order chi connectivity index (χ1) is 26.5. The van der Waals surface area contributed by atoms with E-state index in [1.807, 2.05) is 36.4 Å². The minimum atomic E-state index is -0.413. The Morgan fingerprint density at radius 1 is 0.737 bits per heavy atom. The predicted molar refractivity (Wildman–Crippen MR) is 200 cm³/mol. The number of ether oxygens (including phenoxy) is 3. The maximum Gasteiger partial charge on any atom is 1.00 e. The number of hydrogen-bond acceptors (Lipinski definition) is 14. The van der Waals surface area contributed by atoms with E-state index in [1.165, 1.54) is 21.1 Å². The number of aromatic nitrogens is 4. The molecule has 6 aromatic rings.